The van der Waals surface area contributed by atoms with Crippen molar-refractivity contribution >= 4 is 78.0 Å². The molecule has 0 saturated carbocycles. The van der Waals surface area contributed by atoms with Crippen LogP contribution in [0.25, 0.3) is 21.2 Å². The molecule has 57 heavy (non-hydrogen) atoms. The Bertz CT molecular complexity index is 2730. The van der Waals surface area contributed by atoms with Gasteiger partial charge < -0.3 is 9.80 Å². The molecule has 0 fully saturated rings. The van der Waals surface area contributed by atoms with Crippen molar-refractivity contribution < 1.29 is 0 Å². The average molecular weight is 761 g/mol. The van der Waals surface area contributed by atoms with Crippen LogP contribution in [0.1, 0.15) is 96.0 Å². The minimum atomic E-state index is -0.000865. The van der Waals surface area contributed by atoms with Crippen LogP contribution in [0.4, 0.5) is 34.1 Å². The van der Waals surface area contributed by atoms with E-state index in [2.05, 4.69) is 193 Å². The lowest BCUT2D eigenvalue weighted by molar-refractivity contribution is 0.332. The molecule has 7 aromatic rings. The Labute approximate surface area is 344 Å². The lowest BCUT2D eigenvalue weighted by Gasteiger charge is -2.44. The van der Waals surface area contributed by atoms with Crippen molar-refractivity contribution in [3.05, 3.63) is 149 Å². The van der Waals surface area contributed by atoms with E-state index in [1.54, 1.807) is 0 Å². The topological polar surface area (TPSA) is 6.48 Å². The third kappa shape index (κ3) is 5.58. The number of anilines is 6. The summed E-state index contributed by atoms with van der Waals surface area (Å²) in [6, 6.07) is 46.8. The molecule has 0 saturated heterocycles. The normalized spacial score (nSPS) is 16.3. The summed E-state index contributed by atoms with van der Waals surface area (Å²) in [5.41, 5.74) is 20.2. The summed E-state index contributed by atoms with van der Waals surface area (Å²) in [6.07, 6.45) is 3.43. The van der Waals surface area contributed by atoms with E-state index >= 15 is 0 Å². The van der Waals surface area contributed by atoms with Crippen LogP contribution in [-0.4, -0.2) is 6.71 Å². The summed E-state index contributed by atoms with van der Waals surface area (Å²) in [5, 5.41) is 1.39. The molecule has 1 aliphatic carbocycles. The van der Waals surface area contributed by atoms with Crippen LogP contribution in [0.3, 0.4) is 0 Å². The SMILES string of the molecule is CCc1ccc(N2c3cc(C)cc4c3B(c3cc(C(C)(C)C)ccc3N4c3ccccc3-c3ccccc3)c3sc4cc5c(cc4c32)C(C)(C)CCC5(C)C)cc1. The van der Waals surface area contributed by atoms with Gasteiger partial charge in [0.05, 0.1) is 11.4 Å². The van der Waals surface area contributed by atoms with E-state index in [0.29, 0.717) is 0 Å². The lowest BCUT2D eigenvalue weighted by atomic mass is 9.36. The standard InChI is InChI=1S/C53H53BN2S/c1-10-34-20-23-37(24-21-34)55-45-28-33(2)29-46-48(45)54(50-49(55)39-31-40-41(32-47(39)57-50)53(8,9)27-26-52(40,6)7)42-30-36(51(3,4)5)22-25-44(42)56(46)43-19-15-14-18-38(43)35-16-12-11-13-17-35/h11-25,28-32H,10,26-27H2,1-9H3. The summed E-state index contributed by atoms with van der Waals surface area (Å²) in [7, 11) is 0. The highest BCUT2D eigenvalue weighted by molar-refractivity contribution is 7.33. The van der Waals surface area contributed by atoms with Gasteiger partial charge in [0.25, 0.3) is 6.71 Å². The first-order valence-electron chi connectivity index (χ1n) is 21.0. The maximum absolute atomic E-state index is 2.64. The number of rotatable bonds is 4. The summed E-state index contributed by atoms with van der Waals surface area (Å²) in [4.78, 5) is 5.23. The smallest absolute Gasteiger partial charge is 0.264 e. The van der Waals surface area contributed by atoms with Gasteiger partial charge in [0.1, 0.15) is 0 Å². The monoisotopic (exact) mass is 760 g/mol. The Kier molecular flexibility index (Phi) is 8.10. The molecule has 0 spiro atoms. The van der Waals surface area contributed by atoms with Crippen LogP contribution < -0.4 is 25.5 Å². The first kappa shape index (κ1) is 36.3. The van der Waals surface area contributed by atoms with Crippen molar-refractivity contribution in [3.8, 4) is 11.1 Å². The molecule has 0 radical (unpaired) electrons. The maximum atomic E-state index is 2.64. The van der Waals surface area contributed by atoms with Gasteiger partial charge in [-0.1, -0.05) is 128 Å². The second kappa shape index (κ2) is 12.7. The van der Waals surface area contributed by atoms with Crippen LogP contribution in [0, 0.1) is 6.92 Å². The fourth-order valence-corrected chi connectivity index (χ4v) is 11.4. The van der Waals surface area contributed by atoms with E-state index < -0.39 is 0 Å². The van der Waals surface area contributed by atoms with Gasteiger partial charge in [-0.2, -0.15) is 0 Å². The fourth-order valence-electron chi connectivity index (χ4n) is 10.1. The molecule has 0 unspecified atom stereocenters. The Morgan fingerprint density at radius 1 is 0.667 bits per heavy atom. The van der Waals surface area contributed by atoms with E-state index in [-0.39, 0.29) is 23.0 Å². The van der Waals surface area contributed by atoms with Gasteiger partial charge in [-0.25, -0.2) is 0 Å². The number of aryl methyl sites for hydroxylation is 2. The number of hydrogen-bond acceptors (Lipinski definition) is 3. The highest BCUT2D eigenvalue weighted by atomic mass is 32.1. The van der Waals surface area contributed by atoms with Gasteiger partial charge in [-0.3, -0.25) is 0 Å². The van der Waals surface area contributed by atoms with Crippen molar-refractivity contribution in [1.82, 2.24) is 0 Å². The molecule has 284 valence electrons. The van der Waals surface area contributed by atoms with Crippen LogP contribution in [-0.2, 0) is 22.7 Å². The third-order valence-electron chi connectivity index (χ3n) is 13.5. The Hall–Kier alpha value is -5.06. The van der Waals surface area contributed by atoms with Gasteiger partial charge in [-0.15, -0.1) is 11.3 Å². The summed E-state index contributed by atoms with van der Waals surface area (Å²) >= 11 is 2.04. The molecule has 10 rings (SSSR count). The average Bonchev–Trinajstić information content (AvgIpc) is 3.57. The van der Waals surface area contributed by atoms with Gasteiger partial charge >= 0.3 is 0 Å². The molecule has 1 aromatic heterocycles. The van der Waals surface area contributed by atoms with Crippen LogP contribution in [0.2, 0.25) is 0 Å². The number of fused-ring (bicyclic) bond motifs is 7. The van der Waals surface area contributed by atoms with Crippen molar-refractivity contribution in [2.45, 2.75) is 97.8 Å². The van der Waals surface area contributed by atoms with E-state index in [0.717, 1.165) is 6.42 Å². The number of benzene rings is 6. The molecule has 0 amide bonds. The minimum Gasteiger partial charge on any atom is -0.311 e. The first-order chi connectivity index (χ1) is 27.2. The quantitative estimate of drug-likeness (QED) is 0.165. The van der Waals surface area contributed by atoms with Gasteiger partial charge in [-0.05, 0) is 135 Å². The van der Waals surface area contributed by atoms with Crippen LogP contribution >= 0.6 is 11.3 Å². The van der Waals surface area contributed by atoms with E-state index in [1.807, 2.05) is 11.3 Å². The summed E-state index contributed by atoms with van der Waals surface area (Å²) in [5.74, 6) is 0. The van der Waals surface area contributed by atoms with Crippen molar-refractivity contribution in [2.75, 3.05) is 9.80 Å². The zero-order chi connectivity index (χ0) is 39.6. The van der Waals surface area contributed by atoms with Crippen molar-refractivity contribution in [1.29, 1.82) is 0 Å². The van der Waals surface area contributed by atoms with E-state index in [1.165, 1.54) is 112 Å². The highest BCUT2D eigenvalue weighted by Crippen LogP contribution is 2.53. The van der Waals surface area contributed by atoms with Crippen LogP contribution in [0.5, 0.6) is 0 Å². The molecular formula is C53H53BN2S. The molecule has 2 nitrogen and oxygen atoms in total. The predicted octanol–water partition coefficient (Wildman–Crippen LogP) is 13.2. The Morgan fingerprint density at radius 2 is 1.32 bits per heavy atom. The highest BCUT2D eigenvalue weighted by Gasteiger charge is 2.47. The van der Waals surface area contributed by atoms with Gasteiger partial charge in [0, 0.05) is 43.2 Å². The fraction of sp³-hybridized carbons (Fsp3) is 0.283. The number of nitrogens with zero attached hydrogens (tertiary/aromatic N) is 2. The molecule has 0 N–H and O–H groups in total. The maximum Gasteiger partial charge on any atom is 0.264 e. The van der Waals surface area contributed by atoms with Gasteiger partial charge in [0.15, 0.2) is 0 Å². The Morgan fingerprint density at radius 3 is 2.00 bits per heavy atom. The Balaban J connectivity index is 1.33. The van der Waals surface area contributed by atoms with Crippen LogP contribution in [0.15, 0.2) is 121 Å². The molecule has 3 heterocycles. The number of para-hydroxylation sites is 1. The molecular weight excluding hydrogens is 707 g/mol. The zero-order valence-electron chi connectivity index (χ0n) is 35.0. The van der Waals surface area contributed by atoms with Crippen molar-refractivity contribution in [2.24, 2.45) is 0 Å². The summed E-state index contributed by atoms with van der Waals surface area (Å²) < 4.78 is 2.85. The van der Waals surface area contributed by atoms with E-state index in [4.69, 9.17) is 0 Å². The minimum absolute atomic E-state index is 0.000865. The number of thiophene rings is 1. The molecule has 2 aliphatic heterocycles. The third-order valence-corrected chi connectivity index (χ3v) is 14.7. The largest absolute Gasteiger partial charge is 0.311 e. The molecule has 0 bridgehead atoms. The molecule has 3 aliphatic rings. The van der Waals surface area contributed by atoms with Crippen molar-refractivity contribution in [3.63, 3.8) is 0 Å². The van der Waals surface area contributed by atoms with Gasteiger partial charge in [0.2, 0.25) is 0 Å². The molecule has 6 aromatic carbocycles. The first-order valence-corrected chi connectivity index (χ1v) is 21.8. The van der Waals surface area contributed by atoms with E-state index in [9.17, 15) is 0 Å². The zero-order valence-corrected chi connectivity index (χ0v) is 35.9. The predicted molar refractivity (Wildman–Crippen MR) is 249 cm³/mol. The second-order valence-electron chi connectivity index (χ2n) is 19.2. The summed E-state index contributed by atoms with van der Waals surface area (Å²) in [6.45, 7) is 21.5. The molecule has 4 heteroatoms. The number of hydrogen-bond donors (Lipinski definition) is 0. The second-order valence-corrected chi connectivity index (χ2v) is 20.3. The molecule has 0 atom stereocenters. The lowest BCUT2D eigenvalue weighted by Crippen LogP contribution is -2.60.